The first-order chi connectivity index (χ1) is 11.2. The maximum atomic E-state index is 12.7. The zero-order valence-electron chi connectivity index (χ0n) is 14.3. The summed E-state index contributed by atoms with van der Waals surface area (Å²) >= 11 is 0. The van der Waals surface area contributed by atoms with Crippen molar-refractivity contribution in [2.24, 2.45) is 23.5 Å². The van der Waals surface area contributed by atoms with Crippen LogP contribution in [0.5, 0.6) is 0 Å². The van der Waals surface area contributed by atoms with Crippen molar-refractivity contribution in [3.63, 3.8) is 0 Å². The van der Waals surface area contributed by atoms with Crippen molar-refractivity contribution in [1.29, 1.82) is 0 Å². The molecule has 1 amide bonds. The summed E-state index contributed by atoms with van der Waals surface area (Å²) in [4.78, 5) is 14.8. The van der Waals surface area contributed by atoms with Crippen LogP contribution in [0.25, 0.3) is 0 Å². The third-order valence-corrected chi connectivity index (χ3v) is 5.83. The van der Waals surface area contributed by atoms with Gasteiger partial charge < -0.3 is 10.6 Å². The first kappa shape index (κ1) is 16.5. The van der Waals surface area contributed by atoms with Crippen molar-refractivity contribution in [2.75, 3.05) is 19.6 Å². The van der Waals surface area contributed by atoms with Crippen molar-refractivity contribution in [2.45, 2.75) is 44.9 Å². The quantitative estimate of drug-likeness (QED) is 0.926. The van der Waals surface area contributed by atoms with Crippen molar-refractivity contribution in [3.8, 4) is 0 Å². The van der Waals surface area contributed by atoms with E-state index < -0.39 is 0 Å². The lowest BCUT2D eigenvalue weighted by molar-refractivity contribution is -0.131. The molecule has 2 N–H and O–H groups in total. The van der Waals surface area contributed by atoms with Crippen molar-refractivity contribution in [1.82, 2.24) is 4.90 Å². The van der Waals surface area contributed by atoms with E-state index >= 15 is 0 Å². The number of benzene rings is 1. The molecule has 1 saturated heterocycles. The summed E-state index contributed by atoms with van der Waals surface area (Å²) in [6.07, 6.45) is 5.81. The van der Waals surface area contributed by atoms with Gasteiger partial charge in [-0.05, 0) is 42.7 Å². The number of amides is 1. The van der Waals surface area contributed by atoms with Crippen molar-refractivity contribution < 1.29 is 4.79 Å². The highest BCUT2D eigenvalue weighted by atomic mass is 16.2. The minimum absolute atomic E-state index is 0.348. The Morgan fingerprint density at radius 2 is 2.00 bits per heavy atom. The molecule has 23 heavy (non-hydrogen) atoms. The Morgan fingerprint density at radius 1 is 1.22 bits per heavy atom. The highest BCUT2D eigenvalue weighted by molar-refractivity contribution is 5.77. The average Bonchev–Trinajstić information content (AvgIpc) is 3.00. The Kier molecular flexibility index (Phi) is 5.37. The lowest BCUT2D eigenvalue weighted by Crippen LogP contribution is -2.32. The molecule has 3 heteroatoms. The average molecular weight is 314 g/mol. The topological polar surface area (TPSA) is 46.3 Å². The summed E-state index contributed by atoms with van der Waals surface area (Å²) < 4.78 is 0. The predicted octanol–water partition coefficient (Wildman–Crippen LogP) is 3.40. The SMILES string of the molecule is CC1CCCC(CC(=O)N2C[C@@H](CN)[C@H](c3ccccc3)C2)C1. The van der Waals surface area contributed by atoms with E-state index in [9.17, 15) is 4.79 Å². The van der Waals surface area contributed by atoms with E-state index in [4.69, 9.17) is 5.73 Å². The van der Waals surface area contributed by atoms with Gasteiger partial charge in [0.1, 0.15) is 0 Å². The third kappa shape index (κ3) is 3.95. The number of nitrogens with two attached hydrogens (primary N) is 1. The Hall–Kier alpha value is -1.35. The molecule has 0 radical (unpaired) electrons. The van der Waals surface area contributed by atoms with Gasteiger partial charge in [0.15, 0.2) is 0 Å². The first-order valence-electron chi connectivity index (χ1n) is 9.20. The molecular formula is C20H30N2O. The minimum Gasteiger partial charge on any atom is -0.342 e. The molecule has 1 aliphatic carbocycles. The molecule has 2 fully saturated rings. The van der Waals surface area contributed by atoms with Crippen LogP contribution < -0.4 is 5.73 Å². The largest absolute Gasteiger partial charge is 0.342 e. The summed E-state index contributed by atoms with van der Waals surface area (Å²) in [5, 5.41) is 0. The number of likely N-dealkylation sites (tertiary alicyclic amines) is 1. The Balaban J connectivity index is 1.61. The fourth-order valence-corrected chi connectivity index (χ4v) is 4.51. The second kappa shape index (κ2) is 7.48. The van der Waals surface area contributed by atoms with Crippen LogP contribution >= 0.6 is 0 Å². The molecule has 1 heterocycles. The fraction of sp³-hybridized carbons (Fsp3) is 0.650. The van der Waals surface area contributed by atoms with Gasteiger partial charge >= 0.3 is 0 Å². The number of hydrogen-bond donors (Lipinski definition) is 1. The number of nitrogens with zero attached hydrogens (tertiary/aromatic N) is 1. The lowest BCUT2D eigenvalue weighted by atomic mass is 9.80. The van der Waals surface area contributed by atoms with Crippen molar-refractivity contribution >= 4 is 5.91 Å². The molecule has 3 rings (SSSR count). The lowest BCUT2D eigenvalue weighted by Gasteiger charge is -2.28. The standard InChI is InChI=1S/C20H30N2O/c1-15-6-5-7-16(10-15)11-20(23)22-13-18(12-21)19(14-22)17-8-3-2-4-9-17/h2-4,8-9,15-16,18-19H,5-7,10-14,21H2,1H3/t15?,16?,18-,19+/m1/s1. The molecule has 1 aliphatic heterocycles. The van der Waals surface area contributed by atoms with E-state index in [-0.39, 0.29) is 0 Å². The van der Waals surface area contributed by atoms with Gasteiger partial charge in [-0.15, -0.1) is 0 Å². The maximum absolute atomic E-state index is 12.7. The van der Waals surface area contributed by atoms with Crippen LogP contribution in [0.1, 0.15) is 50.5 Å². The van der Waals surface area contributed by atoms with Gasteiger partial charge in [-0.1, -0.05) is 50.1 Å². The smallest absolute Gasteiger partial charge is 0.222 e. The molecule has 1 aromatic carbocycles. The first-order valence-corrected chi connectivity index (χ1v) is 9.20. The maximum Gasteiger partial charge on any atom is 0.222 e. The monoisotopic (exact) mass is 314 g/mol. The Bertz CT molecular complexity index is 516. The van der Waals surface area contributed by atoms with E-state index in [1.54, 1.807) is 0 Å². The highest BCUT2D eigenvalue weighted by Gasteiger charge is 2.36. The zero-order chi connectivity index (χ0) is 16.2. The number of carbonyl (C=O) groups excluding carboxylic acids is 1. The predicted molar refractivity (Wildman–Crippen MR) is 94.0 cm³/mol. The van der Waals surface area contributed by atoms with Crippen LogP contribution in [0, 0.1) is 17.8 Å². The summed E-state index contributed by atoms with van der Waals surface area (Å²) in [6.45, 7) is 4.65. The Morgan fingerprint density at radius 3 is 2.70 bits per heavy atom. The van der Waals surface area contributed by atoms with E-state index in [1.807, 2.05) is 6.07 Å². The van der Waals surface area contributed by atoms with Gasteiger partial charge in [0.2, 0.25) is 5.91 Å². The molecular weight excluding hydrogens is 284 g/mol. The molecule has 1 saturated carbocycles. The molecule has 2 aliphatic rings. The summed E-state index contributed by atoms with van der Waals surface area (Å²) in [7, 11) is 0. The van der Waals surface area contributed by atoms with Gasteiger partial charge in [0, 0.05) is 25.4 Å². The van der Waals surface area contributed by atoms with Gasteiger partial charge in [-0.3, -0.25) is 4.79 Å². The van der Waals surface area contributed by atoms with Crippen LogP contribution in [-0.4, -0.2) is 30.4 Å². The second-order valence-electron chi connectivity index (χ2n) is 7.65. The van der Waals surface area contributed by atoms with E-state index in [1.165, 1.54) is 31.2 Å². The molecule has 0 spiro atoms. The summed E-state index contributed by atoms with van der Waals surface area (Å²) in [6, 6.07) is 10.5. The normalized spacial score (nSPS) is 31.3. The molecule has 1 aromatic rings. The van der Waals surface area contributed by atoms with Crippen LogP contribution in [0.2, 0.25) is 0 Å². The van der Waals surface area contributed by atoms with Gasteiger partial charge in [0.25, 0.3) is 0 Å². The van der Waals surface area contributed by atoms with Crippen LogP contribution in [0.3, 0.4) is 0 Å². The number of hydrogen-bond acceptors (Lipinski definition) is 2. The van der Waals surface area contributed by atoms with Gasteiger partial charge in [-0.25, -0.2) is 0 Å². The van der Waals surface area contributed by atoms with E-state index in [2.05, 4.69) is 36.1 Å². The minimum atomic E-state index is 0.348. The molecule has 126 valence electrons. The summed E-state index contributed by atoms with van der Waals surface area (Å²) in [5.41, 5.74) is 7.31. The van der Waals surface area contributed by atoms with Crippen LogP contribution in [-0.2, 0) is 4.79 Å². The molecule has 0 bridgehead atoms. The second-order valence-corrected chi connectivity index (χ2v) is 7.65. The van der Waals surface area contributed by atoms with Crippen molar-refractivity contribution in [3.05, 3.63) is 35.9 Å². The fourth-order valence-electron chi connectivity index (χ4n) is 4.51. The number of carbonyl (C=O) groups is 1. The molecule has 3 nitrogen and oxygen atoms in total. The number of rotatable bonds is 4. The zero-order valence-corrected chi connectivity index (χ0v) is 14.3. The van der Waals surface area contributed by atoms with E-state index in [0.717, 1.165) is 25.4 Å². The molecule has 2 unspecified atom stereocenters. The van der Waals surface area contributed by atoms with Gasteiger partial charge in [-0.2, -0.15) is 0 Å². The van der Waals surface area contributed by atoms with E-state index in [0.29, 0.717) is 30.2 Å². The third-order valence-electron chi connectivity index (χ3n) is 5.83. The van der Waals surface area contributed by atoms with Crippen LogP contribution in [0.15, 0.2) is 30.3 Å². The summed E-state index contributed by atoms with van der Waals surface area (Å²) in [5.74, 6) is 2.52. The molecule has 4 atom stereocenters. The van der Waals surface area contributed by atoms with Gasteiger partial charge in [0.05, 0.1) is 0 Å². The van der Waals surface area contributed by atoms with Crippen LogP contribution in [0.4, 0.5) is 0 Å². The molecule has 0 aromatic heterocycles. The highest BCUT2D eigenvalue weighted by Crippen LogP contribution is 2.35. The Labute approximate surface area is 140 Å².